The summed E-state index contributed by atoms with van der Waals surface area (Å²) < 4.78 is 0.844. The molecule has 1 unspecified atom stereocenters. The summed E-state index contributed by atoms with van der Waals surface area (Å²) >= 11 is 3.02. The van der Waals surface area contributed by atoms with E-state index in [-0.39, 0.29) is 17.7 Å². The third kappa shape index (κ3) is 5.82. The maximum atomic E-state index is 12.3. The summed E-state index contributed by atoms with van der Waals surface area (Å²) in [6, 6.07) is 6.75. The van der Waals surface area contributed by atoms with E-state index in [4.69, 9.17) is 0 Å². The van der Waals surface area contributed by atoms with Gasteiger partial charge in [0.15, 0.2) is 4.34 Å². The Morgan fingerprint density at radius 3 is 2.40 bits per heavy atom. The fourth-order valence-electron chi connectivity index (χ4n) is 1.72. The molecule has 25 heavy (non-hydrogen) atoms. The Balaban J connectivity index is 1.95. The van der Waals surface area contributed by atoms with Gasteiger partial charge in [-0.1, -0.05) is 50.8 Å². The minimum Gasteiger partial charge on any atom is -0.326 e. The summed E-state index contributed by atoms with van der Waals surface area (Å²) in [7, 11) is 0. The van der Waals surface area contributed by atoms with Crippen molar-refractivity contribution in [3.8, 4) is 0 Å². The average molecular weight is 379 g/mol. The summed E-state index contributed by atoms with van der Waals surface area (Å²) in [5.74, 6) is -0.404. The molecular formula is C17H22N4O2S2. The molecule has 0 radical (unpaired) electrons. The van der Waals surface area contributed by atoms with E-state index in [1.807, 2.05) is 13.8 Å². The first kappa shape index (κ1) is 19.4. The van der Waals surface area contributed by atoms with Gasteiger partial charge in [0, 0.05) is 22.4 Å². The zero-order chi connectivity index (χ0) is 18.4. The van der Waals surface area contributed by atoms with Gasteiger partial charge in [0.25, 0.3) is 5.91 Å². The van der Waals surface area contributed by atoms with E-state index in [1.54, 1.807) is 36.0 Å². The van der Waals surface area contributed by atoms with Crippen molar-refractivity contribution in [3.63, 3.8) is 0 Å². The highest BCUT2D eigenvalue weighted by Gasteiger charge is 2.13. The van der Waals surface area contributed by atoms with E-state index in [2.05, 4.69) is 34.7 Å². The molecule has 0 fully saturated rings. The highest BCUT2D eigenvalue weighted by Crippen LogP contribution is 2.30. The zero-order valence-corrected chi connectivity index (χ0v) is 16.3. The van der Waals surface area contributed by atoms with E-state index in [0.717, 1.165) is 10.8 Å². The highest BCUT2D eigenvalue weighted by molar-refractivity contribution is 8.01. The molecular weight excluding hydrogens is 356 g/mol. The second-order valence-corrected chi connectivity index (χ2v) is 8.55. The lowest BCUT2D eigenvalue weighted by Crippen LogP contribution is -2.18. The van der Waals surface area contributed by atoms with Crippen molar-refractivity contribution >= 4 is 45.7 Å². The van der Waals surface area contributed by atoms with Crippen molar-refractivity contribution in [2.45, 2.75) is 43.7 Å². The minimum absolute atomic E-state index is 0.0580. The largest absolute Gasteiger partial charge is 0.326 e. The van der Waals surface area contributed by atoms with E-state index < -0.39 is 0 Å². The number of anilines is 2. The van der Waals surface area contributed by atoms with Crippen LogP contribution in [0.4, 0.5) is 10.8 Å². The van der Waals surface area contributed by atoms with Crippen LogP contribution in [0.1, 0.15) is 44.5 Å². The summed E-state index contributed by atoms with van der Waals surface area (Å²) in [6.45, 7) is 7.90. The Morgan fingerprint density at radius 1 is 1.12 bits per heavy atom. The molecule has 0 spiro atoms. The number of rotatable bonds is 7. The number of carbonyl (C=O) groups is 2. The lowest BCUT2D eigenvalue weighted by Gasteiger charge is -2.08. The molecule has 0 bridgehead atoms. The predicted octanol–water partition coefficient (Wildman–Crippen LogP) is 4.28. The molecule has 2 rings (SSSR count). The molecule has 0 saturated heterocycles. The summed E-state index contributed by atoms with van der Waals surface area (Å²) in [6.07, 6.45) is 1.05. The van der Waals surface area contributed by atoms with Crippen molar-refractivity contribution in [2.75, 3.05) is 10.6 Å². The van der Waals surface area contributed by atoms with E-state index in [0.29, 0.717) is 21.6 Å². The monoisotopic (exact) mass is 378 g/mol. The van der Waals surface area contributed by atoms with Gasteiger partial charge in [-0.25, -0.2) is 0 Å². The number of carbonyl (C=O) groups excluding carboxylic acids is 2. The third-order valence-electron chi connectivity index (χ3n) is 3.44. The molecule has 2 amide bonds. The van der Waals surface area contributed by atoms with E-state index in [1.165, 1.54) is 11.3 Å². The fourth-order valence-corrected chi connectivity index (χ4v) is 3.72. The number of thioether (sulfide) groups is 1. The van der Waals surface area contributed by atoms with Crippen LogP contribution in [-0.4, -0.2) is 27.3 Å². The number of amides is 2. The number of aromatic nitrogens is 2. The van der Waals surface area contributed by atoms with Crippen molar-refractivity contribution in [1.82, 2.24) is 10.2 Å². The van der Waals surface area contributed by atoms with Gasteiger partial charge in [-0.05, 0) is 30.7 Å². The van der Waals surface area contributed by atoms with Gasteiger partial charge in [0.2, 0.25) is 11.0 Å². The van der Waals surface area contributed by atoms with Crippen LogP contribution < -0.4 is 10.6 Å². The van der Waals surface area contributed by atoms with Crippen molar-refractivity contribution in [3.05, 3.63) is 29.8 Å². The predicted molar refractivity (Wildman–Crippen MR) is 103 cm³/mol. The Kier molecular flexibility index (Phi) is 6.95. The standard InChI is InChI=1S/C17H22N4O2S2/c1-5-11(4)24-17-21-20-16(25-17)19-15(23)12-6-8-13(9-7-12)18-14(22)10(2)3/h6-11H,5H2,1-4H3,(H,18,22)(H,19,20,23). The molecule has 2 aromatic rings. The Morgan fingerprint density at radius 2 is 1.80 bits per heavy atom. The SMILES string of the molecule is CCC(C)Sc1nnc(NC(=O)c2ccc(NC(=O)C(C)C)cc2)s1. The first-order valence-corrected chi connectivity index (χ1v) is 9.81. The molecule has 1 aromatic carbocycles. The summed E-state index contributed by atoms with van der Waals surface area (Å²) in [4.78, 5) is 23.9. The van der Waals surface area contributed by atoms with Crippen LogP contribution in [0.15, 0.2) is 28.6 Å². The number of nitrogens with one attached hydrogen (secondary N) is 2. The smallest absolute Gasteiger partial charge is 0.257 e. The number of nitrogens with zero attached hydrogens (tertiary/aromatic N) is 2. The Bertz CT molecular complexity index is 729. The fraction of sp³-hybridized carbons (Fsp3) is 0.412. The number of hydrogen-bond donors (Lipinski definition) is 2. The second kappa shape index (κ2) is 8.96. The van der Waals surface area contributed by atoms with Crippen LogP contribution in [-0.2, 0) is 4.79 Å². The lowest BCUT2D eigenvalue weighted by molar-refractivity contribution is -0.118. The van der Waals surface area contributed by atoms with Crippen LogP contribution in [0.25, 0.3) is 0 Å². The molecule has 2 N–H and O–H groups in total. The second-order valence-electron chi connectivity index (χ2n) is 5.89. The quantitative estimate of drug-likeness (QED) is 0.555. The van der Waals surface area contributed by atoms with Gasteiger partial charge in [-0.2, -0.15) is 0 Å². The number of benzene rings is 1. The van der Waals surface area contributed by atoms with Gasteiger partial charge in [0.1, 0.15) is 0 Å². The zero-order valence-electron chi connectivity index (χ0n) is 14.7. The molecule has 1 heterocycles. The summed E-state index contributed by atoms with van der Waals surface area (Å²) in [5, 5.41) is 14.6. The molecule has 8 heteroatoms. The maximum Gasteiger partial charge on any atom is 0.257 e. The van der Waals surface area contributed by atoms with E-state index >= 15 is 0 Å². The minimum atomic E-state index is -0.252. The first-order chi connectivity index (χ1) is 11.9. The van der Waals surface area contributed by atoms with Crippen molar-refractivity contribution in [1.29, 1.82) is 0 Å². The molecule has 6 nitrogen and oxygen atoms in total. The Labute approximate surface area is 155 Å². The lowest BCUT2D eigenvalue weighted by atomic mass is 10.1. The molecule has 134 valence electrons. The van der Waals surface area contributed by atoms with Crippen LogP contribution in [0.2, 0.25) is 0 Å². The van der Waals surface area contributed by atoms with Crippen LogP contribution in [0.5, 0.6) is 0 Å². The number of hydrogen-bond acceptors (Lipinski definition) is 6. The highest BCUT2D eigenvalue weighted by atomic mass is 32.2. The topological polar surface area (TPSA) is 84.0 Å². The van der Waals surface area contributed by atoms with Gasteiger partial charge < -0.3 is 5.32 Å². The van der Waals surface area contributed by atoms with Crippen LogP contribution in [0.3, 0.4) is 0 Å². The molecule has 0 aliphatic heterocycles. The average Bonchev–Trinajstić information content (AvgIpc) is 3.02. The van der Waals surface area contributed by atoms with Gasteiger partial charge in [-0.15, -0.1) is 10.2 Å². The molecule has 0 saturated carbocycles. The first-order valence-electron chi connectivity index (χ1n) is 8.11. The van der Waals surface area contributed by atoms with Crippen LogP contribution >= 0.6 is 23.1 Å². The molecule has 0 aliphatic rings. The molecule has 1 aromatic heterocycles. The van der Waals surface area contributed by atoms with Gasteiger partial charge in [0.05, 0.1) is 0 Å². The Hall–Kier alpha value is -1.93. The third-order valence-corrected chi connectivity index (χ3v) is 5.63. The van der Waals surface area contributed by atoms with Crippen LogP contribution in [0, 0.1) is 5.92 Å². The molecule has 1 atom stereocenters. The normalized spacial score (nSPS) is 12.0. The van der Waals surface area contributed by atoms with Gasteiger partial charge >= 0.3 is 0 Å². The summed E-state index contributed by atoms with van der Waals surface area (Å²) in [5.41, 5.74) is 1.16. The van der Waals surface area contributed by atoms with Crippen molar-refractivity contribution in [2.24, 2.45) is 5.92 Å². The van der Waals surface area contributed by atoms with Gasteiger partial charge in [-0.3, -0.25) is 14.9 Å². The maximum absolute atomic E-state index is 12.3. The van der Waals surface area contributed by atoms with E-state index in [9.17, 15) is 9.59 Å². The van der Waals surface area contributed by atoms with Crippen molar-refractivity contribution < 1.29 is 9.59 Å². The molecule has 0 aliphatic carbocycles.